The van der Waals surface area contributed by atoms with Crippen LogP contribution in [0.1, 0.15) is 202 Å². The molecular weight excluding hydrogens is 639 g/mol. The standard InChI is InChI=1S/C22H42O4.2C8H17.Sn/c1-5-9-12-18(7-3)16-22(21(25)26,15-11-14-20(23)24)17-19(8-4)13-10-6-2;2*1-3-5-7-8-6-4-2;/h18-19H,5-17H2,1-4H3,(H,23,24)(H,25,26);2*1,3-8H2,2H3;/q;;;+2/p-2. The number of rotatable bonds is 31. The van der Waals surface area contributed by atoms with E-state index in [1.807, 2.05) is 0 Å². The molecule has 254 valence electrons. The Bertz CT molecular complexity index is 577. The van der Waals surface area contributed by atoms with E-state index in [0.29, 0.717) is 37.5 Å². The minimum atomic E-state index is -1.10. The first-order valence-corrected chi connectivity index (χ1v) is 22.9. The maximum absolute atomic E-state index is 12.3. The van der Waals surface area contributed by atoms with E-state index in [-0.39, 0.29) is 27.6 Å². The Kier molecular flexibility index (Phi) is 34.5. The number of unbranched alkanes of at least 4 members (excludes halogenated alkanes) is 12. The molecule has 0 bridgehead atoms. The van der Waals surface area contributed by atoms with E-state index >= 15 is 0 Å². The SMILES string of the molecule is CCCCC(CC)CC(CCCC(=O)[O-])(CC(CC)CCCC)C(=O)[O-].CCCCCCC[CH2][Sn+2][CH2]CCCCCCC. The van der Waals surface area contributed by atoms with E-state index in [2.05, 4.69) is 41.5 Å². The fraction of sp³-hybridized carbons (Fsp3) is 0.947. The van der Waals surface area contributed by atoms with Gasteiger partial charge in [0.15, 0.2) is 0 Å². The molecule has 0 rings (SSSR count). The summed E-state index contributed by atoms with van der Waals surface area (Å²) in [4.78, 5) is 23.1. The van der Waals surface area contributed by atoms with Crippen LogP contribution in [0.2, 0.25) is 8.87 Å². The summed E-state index contributed by atoms with van der Waals surface area (Å²) in [6.45, 7) is 13.1. The van der Waals surface area contributed by atoms with E-state index in [1.165, 1.54) is 64.2 Å². The summed E-state index contributed by atoms with van der Waals surface area (Å²) < 4.78 is 3.31. The van der Waals surface area contributed by atoms with Gasteiger partial charge in [-0.3, -0.25) is 0 Å². The zero-order chi connectivity index (χ0) is 32.6. The molecule has 2 unspecified atom stereocenters. The van der Waals surface area contributed by atoms with E-state index in [0.717, 1.165) is 51.4 Å². The average molecular weight is 714 g/mol. The topological polar surface area (TPSA) is 80.3 Å². The number of carboxylic acids is 2. The summed E-state index contributed by atoms with van der Waals surface area (Å²) in [5.41, 5.74) is -0.904. The van der Waals surface area contributed by atoms with Crippen molar-refractivity contribution in [3.05, 3.63) is 0 Å². The van der Waals surface area contributed by atoms with Crippen molar-refractivity contribution in [3.63, 3.8) is 0 Å². The van der Waals surface area contributed by atoms with Gasteiger partial charge in [0, 0.05) is 17.4 Å². The van der Waals surface area contributed by atoms with Gasteiger partial charge in [0.25, 0.3) is 0 Å². The fourth-order valence-electron chi connectivity index (χ4n) is 6.30. The average Bonchev–Trinajstić information content (AvgIpc) is 2.99. The monoisotopic (exact) mass is 714 g/mol. The zero-order valence-electron chi connectivity index (χ0n) is 29.9. The third-order valence-electron chi connectivity index (χ3n) is 9.33. The van der Waals surface area contributed by atoms with Crippen molar-refractivity contribution in [3.8, 4) is 0 Å². The molecule has 0 heterocycles. The molecule has 0 aromatic carbocycles. The van der Waals surface area contributed by atoms with E-state index in [4.69, 9.17) is 0 Å². The van der Waals surface area contributed by atoms with Crippen LogP contribution in [0.15, 0.2) is 0 Å². The van der Waals surface area contributed by atoms with Crippen LogP contribution in [0.4, 0.5) is 0 Å². The Morgan fingerprint density at radius 1 is 0.558 bits per heavy atom. The third-order valence-corrected chi connectivity index (χ3v) is 13.4. The van der Waals surface area contributed by atoms with Crippen LogP contribution in [-0.4, -0.2) is 33.1 Å². The van der Waals surface area contributed by atoms with Crippen LogP contribution in [0.5, 0.6) is 0 Å². The molecule has 5 heteroatoms. The molecule has 0 aromatic heterocycles. The molecule has 0 aliphatic rings. The van der Waals surface area contributed by atoms with Crippen LogP contribution in [0, 0.1) is 17.3 Å². The summed E-state index contributed by atoms with van der Waals surface area (Å²) in [6.07, 6.45) is 28.1. The van der Waals surface area contributed by atoms with Crippen LogP contribution in [-0.2, 0) is 9.59 Å². The quantitative estimate of drug-likeness (QED) is 0.0529. The van der Waals surface area contributed by atoms with Gasteiger partial charge in [-0.2, -0.15) is 0 Å². The molecule has 0 aromatic rings. The molecule has 4 nitrogen and oxygen atoms in total. The summed E-state index contributed by atoms with van der Waals surface area (Å²) in [5.74, 6) is -1.37. The molecular formula is C38H74O4Sn. The Labute approximate surface area is 280 Å². The van der Waals surface area contributed by atoms with Crippen molar-refractivity contribution in [2.75, 3.05) is 0 Å². The number of carbonyl (C=O) groups is 2. The maximum atomic E-state index is 12.3. The molecule has 0 aliphatic carbocycles. The van der Waals surface area contributed by atoms with Crippen molar-refractivity contribution >= 4 is 33.1 Å². The molecule has 0 fully saturated rings. The molecule has 0 saturated carbocycles. The Morgan fingerprint density at radius 3 is 1.30 bits per heavy atom. The number of hydrogen-bond donors (Lipinski definition) is 0. The van der Waals surface area contributed by atoms with Gasteiger partial charge in [-0.15, -0.1) is 0 Å². The summed E-state index contributed by atoms with van der Waals surface area (Å²) in [7, 11) is 0. The predicted octanol–water partition coefficient (Wildman–Crippen LogP) is 10.1. The van der Waals surface area contributed by atoms with Crippen molar-refractivity contribution in [2.24, 2.45) is 17.3 Å². The summed E-state index contributed by atoms with van der Waals surface area (Å²) >= 11 is 0.0736. The molecule has 0 aliphatic heterocycles. The third kappa shape index (κ3) is 27.7. The molecule has 0 spiro atoms. The van der Waals surface area contributed by atoms with Crippen LogP contribution < -0.4 is 10.2 Å². The first-order chi connectivity index (χ1) is 20.8. The number of aliphatic carboxylic acids is 2. The van der Waals surface area contributed by atoms with Crippen molar-refractivity contribution in [2.45, 2.75) is 211 Å². The second-order valence-electron chi connectivity index (χ2n) is 13.3. The van der Waals surface area contributed by atoms with E-state index in [1.54, 1.807) is 21.7 Å². The Balaban J connectivity index is 0. The van der Waals surface area contributed by atoms with Gasteiger partial charge in [0.2, 0.25) is 0 Å². The predicted molar refractivity (Wildman–Crippen MR) is 184 cm³/mol. The van der Waals surface area contributed by atoms with Crippen LogP contribution in [0.3, 0.4) is 0 Å². The first kappa shape index (κ1) is 44.9. The van der Waals surface area contributed by atoms with Crippen LogP contribution >= 0.6 is 0 Å². The zero-order valence-corrected chi connectivity index (χ0v) is 32.7. The minimum absolute atomic E-state index is 0.0736. The van der Waals surface area contributed by atoms with Gasteiger partial charge in [-0.1, -0.05) is 79.1 Å². The van der Waals surface area contributed by atoms with Gasteiger partial charge in [-0.05, 0) is 43.9 Å². The second-order valence-corrected chi connectivity index (χ2v) is 17.6. The first-order valence-electron chi connectivity index (χ1n) is 18.9. The van der Waals surface area contributed by atoms with Crippen molar-refractivity contribution in [1.29, 1.82) is 0 Å². The second kappa shape index (κ2) is 33.1. The molecule has 2 atom stereocenters. The van der Waals surface area contributed by atoms with Crippen molar-refractivity contribution < 1.29 is 19.8 Å². The fourth-order valence-corrected chi connectivity index (χ4v) is 9.87. The molecule has 0 radical (unpaired) electrons. The van der Waals surface area contributed by atoms with E-state index < -0.39 is 17.4 Å². The number of carboxylic acid groups (broad SMARTS) is 2. The normalized spacial score (nSPS) is 13.8. The molecule has 43 heavy (non-hydrogen) atoms. The van der Waals surface area contributed by atoms with Gasteiger partial charge in [0.1, 0.15) is 0 Å². The molecule has 0 amide bonds. The van der Waals surface area contributed by atoms with E-state index in [9.17, 15) is 19.8 Å². The Morgan fingerprint density at radius 2 is 0.953 bits per heavy atom. The van der Waals surface area contributed by atoms with Gasteiger partial charge >= 0.3 is 121 Å². The van der Waals surface area contributed by atoms with Gasteiger partial charge in [-0.25, -0.2) is 0 Å². The molecule has 0 saturated heterocycles. The molecule has 0 N–H and O–H groups in total. The Hall–Kier alpha value is -0.261. The van der Waals surface area contributed by atoms with Gasteiger partial charge < -0.3 is 19.8 Å². The van der Waals surface area contributed by atoms with Crippen molar-refractivity contribution in [1.82, 2.24) is 0 Å². The summed E-state index contributed by atoms with van der Waals surface area (Å²) in [5, 5.41) is 23.1. The summed E-state index contributed by atoms with van der Waals surface area (Å²) in [6, 6.07) is 0. The number of hydrogen-bond acceptors (Lipinski definition) is 4. The van der Waals surface area contributed by atoms with Gasteiger partial charge in [0.05, 0.1) is 0 Å². The number of carbonyl (C=O) groups excluding carboxylic acids is 2. The van der Waals surface area contributed by atoms with Crippen LogP contribution in [0.25, 0.3) is 0 Å².